The number of thiophene rings is 1. The molecule has 59 heavy (non-hydrogen) atoms. The molecule has 0 spiro atoms. The van der Waals surface area contributed by atoms with Crippen molar-refractivity contribution in [1.29, 1.82) is 0 Å². The van der Waals surface area contributed by atoms with Crippen LogP contribution in [0.5, 0.6) is 0 Å². The lowest BCUT2D eigenvalue weighted by molar-refractivity contribution is 0.669. The molecule has 9 aromatic carbocycles. The maximum absolute atomic E-state index is 6.58. The highest BCUT2D eigenvalue weighted by Gasteiger charge is 2.23. The van der Waals surface area contributed by atoms with Gasteiger partial charge >= 0.3 is 0 Å². The molecule has 4 heterocycles. The molecule has 0 bridgehead atoms. The largest absolute Gasteiger partial charge is 0.455 e. The second kappa shape index (κ2) is 12.4. The Balaban J connectivity index is 1.14. The molecule has 274 valence electrons. The summed E-state index contributed by atoms with van der Waals surface area (Å²) in [5, 5.41) is 11.7. The summed E-state index contributed by atoms with van der Waals surface area (Å²) >= 11 is 1.78. The number of hydrogen-bond acceptors (Lipinski definition) is 5. The van der Waals surface area contributed by atoms with E-state index >= 15 is 0 Å². The van der Waals surface area contributed by atoms with E-state index in [1.54, 1.807) is 11.3 Å². The molecule has 0 aliphatic rings. The molecule has 4 aromatic heterocycles. The number of nitrogens with zero attached hydrogens (tertiary/aromatic N) is 4. The van der Waals surface area contributed by atoms with Crippen LogP contribution in [0.15, 0.2) is 186 Å². The van der Waals surface area contributed by atoms with E-state index < -0.39 is 0 Å². The number of furan rings is 1. The molecular formula is C53H30N4OS. The lowest BCUT2D eigenvalue weighted by Crippen LogP contribution is -2.02. The highest BCUT2D eigenvalue weighted by atomic mass is 32.1. The molecule has 0 saturated heterocycles. The van der Waals surface area contributed by atoms with Crippen LogP contribution in [0.3, 0.4) is 0 Å². The summed E-state index contributed by atoms with van der Waals surface area (Å²) in [6.07, 6.45) is 0. The van der Waals surface area contributed by atoms with E-state index in [2.05, 4.69) is 168 Å². The summed E-state index contributed by atoms with van der Waals surface area (Å²) in [5.74, 6) is 1.77. The Bertz CT molecular complexity index is 3870. The molecule has 0 unspecified atom stereocenters. The minimum atomic E-state index is 0.561. The van der Waals surface area contributed by atoms with Crippen LogP contribution in [0.25, 0.3) is 125 Å². The van der Waals surface area contributed by atoms with Gasteiger partial charge in [-0.05, 0) is 70.1 Å². The molecule has 6 heteroatoms. The topological polar surface area (TPSA) is 56.7 Å². The SMILES string of the molecule is c1ccc2cc(-c3nc(-c4cccc5c4oc4ccccc45)nc(-c4cc(-n5c6ccccc6c6c7ccccc7ccc65)cc5c4sc4ccccc45)n3)ccc2c1. The molecule has 13 aromatic rings. The molecule has 0 saturated carbocycles. The van der Waals surface area contributed by atoms with Crippen LogP contribution in [-0.2, 0) is 0 Å². The molecule has 0 N–H and O–H groups in total. The number of fused-ring (bicyclic) bond motifs is 12. The van der Waals surface area contributed by atoms with Gasteiger partial charge in [-0.1, -0.05) is 133 Å². The normalized spacial score (nSPS) is 12.1. The first-order valence-corrected chi connectivity index (χ1v) is 20.6. The predicted octanol–water partition coefficient (Wildman–Crippen LogP) is 14.5. The molecule has 0 fully saturated rings. The van der Waals surface area contributed by atoms with E-state index in [9.17, 15) is 0 Å². The van der Waals surface area contributed by atoms with Gasteiger partial charge in [0.1, 0.15) is 11.2 Å². The zero-order valence-corrected chi connectivity index (χ0v) is 32.2. The van der Waals surface area contributed by atoms with Gasteiger partial charge in [0, 0.05) is 58.5 Å². The summed E-state index contributed by atoms with van der Waals surface area (Å²) in [6, 6.07) is 64.4. The fourth-order valence-corrected chi connectivity index (χ4v) is 10.3. The minimum absolute atomic E-state index is 0.561. The summed E-state index contributed by atoms with van der Waals surface area (Å²) < 4.78 is 11.3. The second-order valence-electron chi connectivity index (χ2n) is 15.2. The van der Waals surface area contributed by atoms with Crippen molar-refractivity contribution in [2.45, 2.75) is 0 Å². The summed E-state index contributed by atoms with van der Waals surface area (Å²) in [4.78, 5) is 16.0. The maximum Gasteiger partial charge on any atom is 0.167 e. The molecule has 0 radical (unpaired) electrons. The highest BCUT2D eigenvalue weighted by molar-refractivity contribution is 7.26. The van der Waals surface area contributed by atoms with Crippen LogP contribution in [0.1, 0.15) is 0 Å². The number of hydrogen-bond donors (Lipinski definition) is 0. The third kappa shape index (κ3) is 4.87. The molecule has 0 aliphatic heterocycles. The van der Waals surface area contributed by atoms with Crippen molar-refractivity contribution in [2.24, 2.45) is 0 Å². The Kier molecular flexibility index (Phi) is 6.82. The van der Waals surface area contributed by atoms with Crippen LogP contribution >= 0.6 is 11.3 Å². The lowest BCUT2D eigenvalue weighted by Gasteiger charge is -2.13. The quantitative estimate of drug-likeness (QED) is 0.179. The van der Waals surface area contributed by atoms with Crippen molar-refractivity contribution in [3.05, 3.63) is 182 Å². The fourth-order valence-electron chi connectivity index (χ4n) is 9.12. The van der Waals surface area contributed by atoms with Gasteiger partial charge in [-0.15, -0.1) is 11.3 Å². The Morgan fingerprint density at radius 1 is 0.424 bits per heavy atom. The van der Waals surface area contributed by atoms with Crippen molar-refractivity contribution in [3.63, 3.8) is 0 Å². The van der Waals surface area contributed by atoms with Gasteiger partial charge in [0.15, 0.2) is 17.5 Å². The number of para-hydroxylation sites is 3. The van der Waals surface area contributed by atoms with Gasteiger partial charge in [0.2, 0.25) is 0 Å². The van der Waals surface area contributed by atoms with Crippen LogP contribution in [-0.4, -0.2) is 19.5 Å². The molecule has 5 nitrogen and oxygen atoms in total. The zero-order valence-electron chi connectivity index (χ0n) is 31.4. The van der Waals surface area contributed by atoms with Crippen LogP contribution in [0, 0.1) is 0 Å². The maximum atomic E-state index is 6.58. The van der Waals surface area contributed by atoms with E-state index in [1.807, 2.05) is 18.2 Å². The average Bonchev–Trinajstić information content (AvgIpc) is 3.98. The van der Waals surface area contributed by atoms with E-state index in [4.69, 9.17) is 19.4 Å². The van der Waals surface area contributed by atoms with Crippen molar-refractivity contribution in [1.82, 2.24) is 19.5 Å². The van der Waals surface area contributed by atoms with Gasteiger partial charge in [0.25, 0.3) is 0 Å². The molecular weight excluding hydrogens is 741 g/mol. The van der Waals surface area contributed by atoms with Crippen molar-refractivity contribution in [3.8, 4) is 39.9 Å². The summed E-state index contributed by atoms with van der Waals surface area (Å²) in [7, 11) is 0. The van der Waals surface area contributed by atoms with Crippen molar-refractivity contribution >= 4 is 96.8 Å². The first-order valence-electron chi connectivity index (χ1n) is 19.8. The van der Waals surface area contributed by atoms with Gasteiger partial charge in [-0.2, -0.15) is 0 Å². The lowest BCUT2D eigenvalue weighted by atomic mass is 10.0. The van der Waals surface area contributed by atoms with E-state index in [0.717, 1.165) is 70.8 Å². The van der Waals surface area contributed by atoms with Crippen molar-refractivity contribution < 1.29 is 4.42 Å². The molecule has 0 atom stereocenters. The second-order valence-corrected chi connectivity index (χ2v) is 16.2. The first kappa shape index (κ1) is 32.4. The van der Waals surface area contributed by atoms with E-state index in [-0.39, 0.29) is 0 Å². The standard InChI is InChI=1S/C53H30N4OS/c1-2-14-33-28-34(25-24-31(33)12-1)51-54-52(41-20-11-19-39-37-16-6-9-22-46(37)58-49(39)41)56-53(55-51)43-30-35(29-42-38-17-7-10-23-47(38)59-50(42)43)57-44-21-8-5-18-40(44)48-36-15-4-3-13-32(36)26-27-45(48)57/h1-30H. The Hall–Kier alpha value is -7.67. The van der Waals surface area contributed by atoms with Crippen LogP contribution < -0.4 is 0 Å². The number of benzene rings is 9. The minimum Gasteiger partial charge on any atom is -0.455 e. The molecule has 0 aliphatic carbocycles. The Labute approximate surface area is 341 Å². The number of rotatable bonds is 4. The smallest absolute Gasteiger partial charge is 0.167 e. The Morgan fingerprint density at radius 3 is 2.00 bits per heavy atom. The third-order valence-corrected chi connectivity index (χ3v) is 13.0. The summed E-state index contributed by atoms with van der Waals surface area (Å²) in [5.41, 5.74) is 7.63. The van der Waals surface area contributed by atoms with Gasteiger partial charge in [-0.3, -0.25) is 0 Å². The molecule has 0 amide bonds. The highest BCUT2D eigenvalue weighted by Crippen LogP contribution is 2.44. The van der Waals surface area contributed by atoms with Gasteiger partial charge in [0.05, 0.1) is 16.6 Å². The van der Waals surface area contributed by atoms with Crippen LogP contribution in [0.2, 0.25) is 0 Å². The molecule has 13 rings (SSSR count). The number of aromatic nitrogens is 4. The van der Waals surface area contributed by atoms with E-state index in [1.165, 1.54) is 37.0 Å². The third-order valence-electron chi connectivity index (χ3n) is 11.8. The average molecular weight is 771 g/mol. The van der Waals surface area contributed by atoms with Gasteiger partial charge in [-0.25, -0.2) is 15.0 Å². The predicted molar refractivity (Wildman–Crippen MR) is 246 cm³/mol. The first-order chi connectivity index (χ1) is 29.2. The van der Waals surface area contributed by atoms with Crippen LogP contribution in [0.4, 0.5) is 0 Å². The summed E-state index contributed by atoms with van der Waals surface area (Å²) in [6.45, 7) is 0. The fraction of sp³-hybridized carbons (Fsp3) is 0. The monoisotopic (exact) mass is 770 g/mol. The van der Waals surface area contributed by atoms with Crippen molar-refractivity contribution in [2.75, 3.05) is 0 Å². The van der Waals surface area contributed by atoms with Gasteiger partial charge < -0.3 is 8.98 Å². The zero-order chi connectivity index (χ0) is 38.6. The Morgan fingerprint density at radius 2 is 1.10 bits per heavy atom. The van der Waals surface area contributed by atoms with E-state index in [0.29, 0.717) is 17.5 Å².